The van der Waals surface area contributed by atoms with Crippen LogP contribution in [-0.4, -0.2) is 47.4 Å². The van der Waals surface area contributed by atoms with Crippen LogP contribution in [0.3, 0.4) is 0 Å². The van der Waals surface area contributed by atoms with Gasteiger partial charge in [0.15, 0.2) is 0 Å². The summed E-state index contributed by atoms with van der Waals surface area (Å²) in [5.41, 5.74) is 1.19. The summed E-state index contributed by atoms with van der Waals surface area (Å²) < 4.78 is 6.89. The van der Waals surface area contributed by atoms with Gasteiger partial charge in [0, 0.05) is 49.2 Å². The molecule has 2 aromatic rings. The molecule has 1 amide bonds. The number of methoxy groups -OCH3 is 1. The Balaban J connectivity index is 1.66. The van der Waals surface area contributed by atoms with Gasteiger partial charge in [0.05, 0.1) is 11.7 Å². The number of ether oxygens (including phenoxy) is 1. The van der Waals surface area contributed by atoms with Crippen LogP contribution in [-0.2, 0) is 22.6 Å². The molecule has 1 aliphatic rings. The number of rotatable bonds is 6. The van der Waals surface area contributed by atoms with Gasteiger partial charge >= 0.3 is 0 Å². The van der Waals surface area contributed by atoms with Crippen molar-refractivity contribution in [3.8, 4) is 0 Å². The van der Waals surface area contributed by atoms with Crippen LogP contribution in [0.5, 0.6) is 0 Å². The zero-order valence-corrected chi connectivity index (χ0v) is 14.3. The van der Waals surface area contributed by atoms with Crippen LogP contribution in [0.15, 0.2) is 24.4 Å². The van der Waals surface area contributed by atoms with Crippen LogP contribution in [0.2, 0.25) is 0 Å². The van der Waals surface area contributed by atoms with Crippen molar-refractivity contribution in [3.63, 3.8) is 0 Å². The second kappa shape index (κ2) is 7.25. The first-order valence-electron chi connectivity index (χ1n) is 7.71. The van der Waals surface area contributed by atoms with Gasteiger partial charge < -0.3 is 10.1 Å². The van der Waals surface area contributed by atoms with Crippen LogP contribution >= 0.6 is 11.3 Å². The standard InChI is InChI=1S/C16H22N4O2S/c1-12-3-4-15(23-12)10-19-8-13-5-6-18-20(13)14(9-19)7-17-16(21)11-22-2/h3-6,14H,7-11H2,1-2H3,(H,17,21). The normalized spacial score (nSPS) is 17.9. The van der Waals surface area contributed by atoms with Gasteiger partial charge in [-0.25, -0.2) is 0 Å². The third-order valence-corrected chi connectivity index (χ3v) is 4.92. The maximum absolute atomic E-state index is 11.6. The molecule has 124 valence electrons. The maximum atomic E-state index is 11.6. The van der Waals surface area contributed by atoms with E-state index in [4.69, 9.17) is 4.74 Å². The summed E-state index contributed by atoms with van der Waals surface area (Å²) in [7, 11) is 1.52. The molecule has 1 aliphatic heterocycles. The third kappa shape index (κ3) is 3.99. The fourth-order valence-electron chi connectivity index (χ4n) is 2.94. The summed E-state index contributed by atoms with van der Waals surface area (Å²) >= 11 is 1.84. The summed E-state index contributed by atoms with van der Waals surface area (Å²) in [5, 5.41) is 7.34. The molecule has 0 aromatic carbocycles. The zero-order valence-electron chi connectivity index (χ0n) is 13.5. The zero-order chi connectivity index (χ0) is 16.2. The molecule has 3 heterocycles. The highest BCUT2D eigenvalue weighted by Gasteiger charge is 2.26. The Kier molecular flexibility index (Phi) is 5.09. The third-order valence-electron chi connectivity index (χ3n) is 3.94. The summed E-state index contributed by atoms with van der Waals surface area (Å²) in [5.74, 6) is -0.0905. The fraction of sp³-hybridized carbons (Fsp3) is 0.500. The van der Waals surface area contributed by atoms with E-state index in [0.717, 1.165) is 19.6 Å². The van der Waals surface area contributed by atoms with Crippen molar-refractivity contribution in [2.24, 2.45) is 0 Å². The van der Waals surface area contributed by atoms with Crippen molar-refractivity contribution in [2.75, 3.05) is 26.8 Å². The number of aromatic nitrogens is 2. The average Bonchev–Trinajstić information content (AvgIpc) is 3.14. The van der Waals surface area contributed by atoms with E-state index >= 15 is 0 Å². The maximum Gasteiger partial charge on any atom is 0.246 e. The molecular formula is C16H22N4O2S. The lowest BCUT2D eigenvalue weighted by Gasteiger charge is -2.33. The minimum Gasteiger partial charge on any atom is -0.375 e. The predicted molar refractivity (Wildman–Crippen MR) is 89.3 cm³/mol. The molecule has 1 unspecified atom stereocenters. The number of fused-ring (bicyclic) bond motifs is 1. The number of carbonyl (C=O) groups is 1. The van der Waals surface area contributed by atoms with Crippen molar-refractivity contribution in [1.82, 2.24) is 20.0 Å². The molecule has 0 saturated heterocycles. The molecular weight excluding hydrogens is 312 g/mol. The topological polar surface area (TPSA) is 59.4 Å². The van der Waals surface area contributed by atoms with Crippen molar-refractivity contribution in [3.05, 3.63) is 39.8 Å². The number of amides is 1. The van der Waals surface area contributed by atoms with E-state index < -0.39 is 0 Å². The number of thiophene rings is 1. The second-order valence-corrected chi connectivity index (χ2v) is 7.21. The summed E-state index contributed by atoms with van der Waals surface area (Å²) in [6.07, 6.45) is 1.83. The number of nitrogens with zero attached hydrogens (tertiary/aromatic N) is 3. The Bertz CT molecular complexity index is 667. The van der Waals surface area contributed by atoms with Gasteiger partial charge in [0.2, 0.25) is 5.91 Å². The summed E-state index contributed by atoms with van der Waals surface area (Å²) in [6, 6.07) is 6.56. The van der Waals surface area contributed by atoms with E-state index in [1.165, 1.54) is 22.6 Å². The van der Waals surface area contributed by atoms with Crippen LogP contribution in [0, 0.1) is 6.92 Å². The smallest absolute Gasteiger partial charge is 0.246 e. The minimum absolute atomic E-state index is 0.0905. The SMILES string of the molecule is COCC(=O)NCC1CN(Cc2ccc(C)s2)Cc2ccnn21. The Morgan fingerprint density at radius 3 is 3.09 bits per heavy atom. The summed E-state index contributed by atoms with van der Waals surface area (Å²) in [6.45, 7) is 5.49. The highest BCUT2D eigenvalue weighted by molar-refractivity contribution is 7.11. The Labute approximate surface area is 140 Å². The predicted octanol–water partition coefficient (Wildman–Crippen LogP) is 1.57. The summed E-state index contributed by atoms with van der Waals surface area (Å²) in [4.78, 5) is 16.8. The molecule has 6 nitrogen and oxygen atoms in total. The lowest BCUT2D eigenvalue weighted by Crippen LogP contribution is -2.43. The van der Waals surface area contributed by atoms with E-state index in [2.05, 4.69) is 40.4 Å². The van der Waals surface area contributed by atoms with E-state index in [1.807, 2.05) is 22.2 Å². The highest BCUT2D eigenvalue weighted by atomic mass is 32.1. The Morgan fingerprint density at radius 2 is 2.35 bits per heavy atom. The second-order valence-electron chi connectivity index (χ2n) is 5.84. The van der Waals surface area contributed by atoms with Crippen molar-refractivity contribution in [1.29, 1.82) is 0 Å². The lowest BCUT2D eigenvalue weighted by atomic mass is 10.2. The van der Waals surface area contributed by atoms with E-state index in [1.54, 1.807) is 0 Å². The highest BCUT2D eigenvalue weighted by Crippen LogP contribution is 2.24. The van der Waals surface area contributed by atoms with Crippen LogP contribution in [0.25, 0.3) is 0 Å². The molecule has 0 aliphatic carbocycles. The van der Waals surface area contributed by atoms with Gasteiger partial charge in [0.25, 0.3) is 0 Å². The van der Waals surface area contributed by atoms with Gasteiger partial charge in [-0.15, -0.1) is 11.3 Å². The van der Waals surface area contributed by atoms with Gasteiger partial charge in [0.1, 0.15) is 6.61 Å². The molecule has 0 radical (unpaired) electrons. The largest absolute Gasteiger partial charge is 0.375 e. The number of carbonyl (C=O) groups excluding carboxylic acids is 1. The van der Waals surface area contributed by atoms with Crippen molar-refractivity contribution >= 4 is 17.2 Å². The van der Waals surface area contributed by atoms with Gasteiger partial charge in [-0.05, 0) is 25.1 Å². The Hall–Kier alpha value is -1.70. The van der Waals surface area contributed by atoms with Crippen LogP contribution in [0.1, 0.15) is 21.5 Å². The Morgan fingerprint density at radius 1 is 1.48 bits per heavy atom. The number of nitrogens with one attached hydrogen (secondary N) is 1. The van der Waals surface area contributed by atoms with Gasteiger partial charge in [-0.1, -0.05) is 0 Å². The number of aryl methyl sites for hydroxylation is 1. The van der Waals surface area contributed by atoms with Gasteiger partial charge in [-0.3, -0.25) is 14.4 Å². The molecule has 3 rings (SSSR count). The monoisotopic (exact) mass is 334 g/mol. The van der Waals surface area contributed by atoms with Gasteiger partial charge in [-0.2, -0.15) is 5.10 Å². The molecule has 1 atom stereocenters. The average molecular weight is 334 g/mol. The fourth-order valence-corrected chi connectivity index (χ4v) is 3.87. The molecule has 1 N–H and O–H groups in total. The van der Waals surface area contributed by atoms with E-state index in [0.29, 0.717) is 6.54 Å². The molecule has 2 aromatic heterocycles. The van der Waals surface area contributed by atoms with Crippen LogP contribution in [0.4, 0.5) is 0 Å². The van der Waals surface area contributed by atoms with Crippen molar-refractivity contribution < 1.29 is 9.53 Å². The molecule has 23 heavy (non-hydrogen) atoms. The molecule has 0 fully saturated rings. The van der Waals surface area contributed by atoms with E-state index in [9.17, 15) is 4.79 Å². The molecule has 7 heteroatoms. The molecule has 0 bridgehead atoms. The van der Waals surface area contributed by atoms with Crippen molar-refractivity contribution in [2.45, 2.75) is 26.1 Å². The first-order chi connectivity index (χ1) is 11.2. The number of hydrogen-bond acceptors (Lipinski definition) is 5. The first kappa shape index (κ1) is 16.2. The van der Waals surface area contributed by atoms with Crippen LogP contribution < -0.4 is 5.32 Å². The minimum atomic E-state index is -0.0905. The lowest BCUT2D eigenvalue weighted by molar-refractivity contribution is -0.124. The van der Waals surface area contributed by atoms with E-state index in [-0.39, 0.29) is 18.6 Å². The quantitative estimate of drug-likeness (QED) is 0.871. The number of hydrogen-bond donors (Lipinski definition) is 1. The molecule has 0 saturated carbocycles. The molecule has 0 spiro atoms. The first-order valence-corrected chi connectivity index (χ1v) is 8.53.